The largest absolute Gasteiger partial charge is 0.0616 e. The lowest BCUT2D eigenvalue weighted by Crippen LogP contribution is -1.91. The van der Waals surface area contributed by atoms with E-state index in [2.05, 4.69) is 231 Å². The Morgan fingerprint density at radius 1 is 0.167 bits per heavy atom. The van der Waals surface area contributed by atoms with Crippen LogP contribution in [0.1, 0.15) is 0 Å². The predicted molar refractivity (Wildman–Crippen MR) is 259 cm³/mol. The SMILES string of the molecule is c1ccc2c(-c3ccc(-c4c5ccccc5c(-c5ccc6ccc(-c7ccc(-c8cc9ccccc9c9ccccc89)cc7)cc6c5)c5ccccc45)cc3)cccc2c1. The molecule has 12 aromatic carbocycles. The lowest BCUT2D eigenvalue weighted by atomic mass is 9.85. The standard InChI is InChI=1S/C60H38/c1-3-15-49-41(12-1)14-11-23-50(49)42-30-32-44(33-31-42)59-54-19-7-9-21-56(54)60(57-22-10-8-20-55(57)59)47-35-27-40-26-34-45(36-48(40)37-47)39-24-28-43(29-25-39)58-38-46-13-2-4-16-51(46)52-17-5-6-18-53(52)58/h1-38H. The second kappa shape index (κ2) is 13.9. The number of fused-ring (bicyclic) bond motifs is 7. The van der Waals surface area contributed by atoms with Gasteiger partial charge in [-0.2, -0.15) is 0 Å². The van der Waals surface area contributed by atoms with Gasteiger partial charge in [0.1, 0.15) is 0 Å². The fourth-order valence-electron chi connectivity index (χ4n) is 9.76. The van der Waals surface area contributed by atoms with Gasteiger partial charge in [0.2, 0.25) is 0 Å². The molecular formula is C60H38. The third-order valence-electron chi connectivity index (χ3n) is 12.6. The first-order chi connectivity index (χ1) is 29.7. The molecule has 0 aliphatic heterocycles. The van der Waals surface area contributed by atoms with Crippen molar-refractivity contribution in [3.8, 4) is 55.6 Å². The first-order valence-corrected chi connectivity index (χ1v) is 20.8. The van der Waals surface area contributed by atoms with Crippen molar-refractivity contribution in [2.45, 2.75) is 0 Å². The summed E-state index contributed by atoms with van der Waals surface area (Å²) in [4.78, 5) is 0. The van der Waals surface area contributed by atoms with Gasteiger partial charge in [0.25, 0.3) is 0 Å². The Balaban J connectivity index is 0.945. The Hall–Kier alpha value is -7.80. The summed E-state index contributed by atoms with van der Waals surface area (Å²) >= 11 is 0. The molecular weight excluding hydrogens is 721 g/mol. The van der Waals surface area contributed by atoms with Crippen molar-refractivity contribution in [2.24, 2.45) is 0 Å². The Labute approximate surface area is 349 Å². The minimum atomic E-state index is 1.21. The summed E-state index contributed by atoms with van der Waals surface area (Å²) in [5.41, 5.74) is 12.4. The van der Waals surface area contributed by atoms with E-state index in [1.165, 1.54) is 120 Å². The van der Waals surface area contributed by atoms with Crippen LogP contribution in [0.3, 0.4) is 0 Å². The minimum absolute atomic E-state index is 1.21. The number of hydrogen-bond acceptors (Lipinski definition) is 0. The van der Waals surface area contributed by atoms with Gasteiger partial charge in [-0.05, 0) is 138 Å². The molecule has 0 bridgehead atoms. The molecule has 0 saturated heterocycles. The van der Waals surface area contributed by atoms with Crippen molar-refractivity contribution in [3.05, 3.63) is 231 Å². The van der Waals surface area contributed by atoms with Crippen LogP contribution in [0.4, 0.5) is 0 Å². The van der Waals surface area contributed by atoms with Gasteiger partial charge in [-0.1, -0.05) is 212 Å². The molecule has 0 spiro atoms. The molecule has 0 atom stereocenters. The molecule has 60 heavy (non-hydrogen) atoms. The molecule has 12 aromatic rings. The molecule has 0 N–H and O–H groups in total. The van der Waals surface area contributed by atoms with Gasteiger partial charge in [-0.3, -0.25) is 0 Å². The summed E-state index contributed by atoms with van der Waals surface area (Å²) in [5, 5.41) is 15.2. The molecule has 0 radical (unpaired) electrons. The van der Waals surface area contributed by atoms with E-state index in [1.54, 1.807) is 0 Å². The van der Waals surface area contributed by atoms with Gasteiger partial charge in [0.05, 0.1) is 0 Å². The van der Waals surface area contributed by atoms with E-state index in [-0.39, 0.29) is 0 Å². The maximum atomic E-state index is 2.39. The average molecular weight is 759 g/mol. The van der Waals surface area contributed by atoms with E-state index in [0.29, 0.717) is 0 Å². The van der Waals surface area contributed by atoms with E-state index in [0.717, 1.165) is 0 Å². The normalized spacial score (nSPS) is 11.7. The zero-order valence-electron chi connectivity index (χ0n) is 32.9. The predicted octanol–water partition coefficient (Wildman–Crippen LogP) is 16.9. The van der Waals surface area contributed by atoms with E-state index in [4.69, 9.17) is 0 Å². The summed E-state index contributed by atoms with van der Waals surface area (Å²) in [5.74, 6) is 0. The fraction of sp³-hybridized carbons (Fsp3) is 0. The maximum absolute atomic E-state index is 2.39. The quantitative estimate of drug-likeness (QED) is 0.121. The van der Waals surface area contributed by atoms with Gasteiger partial charge in [-0.25, -0.2) is 0 Å². The van der Waals surface area contributed by atoms with Crippen LogP contribution < -0.4 is 0 Å². The highest BCUT2D eigenvalue weighted by atomic mass is 14.2. The van der Waals surface area contributed by atoms with E-state index in [9.17, 15) is 0 Å². The van der Waals surface area contributed by atoms with Crippen LogP contribution in [0.2, 0.25) is 0 Å². The molecule has 0 heteroatoms. The fourth-order valence-corrected chi connectivity index (χ4v) is 9.76. The van der Waals surface area contributed by atoms with Crippen molar-refractivity contribution in [3.63, 3.8) is 0 Å². The van der Waals surface area contributed by atoms with Crippen molar-refractivity contribution >= 4 is 64.6 Å². The highest BCUT2D eigenvalue weighted by molar-refractivity contribution is 6.22. The topological polar surface area (TPSA) is 0 Å². The zero-order chi connectivity index (χ0) is 39.6. The maximum Gasteiger partial charge on any atom is -0.00262 e. The van der Waals surface area contributed by atoms with Crippen molar-refractivity contribution in [1.82, 2.24) is 0 Å². The lowest BCUT2D eigenvalue weighted by Gasteiger charge is -2.18. The highest BCUT2D eigenvalue weighted by Crippen LogP contribution is 2.45. The Morgan fingerprint density at radius 2 is 0.600 bits per heavy atom. The van der Waals surface area contributed by atoms with Crippen LogP contribution in [0.25, 0.3) is 120 Å². The van der Waals surface area contributed by atoms with Crippen LogP contribution in [0.15, 0.2) is 231 Å². The smallest absolute Gasteiger partial charge is 0.00262 e. The van der Waals surface area contributed by atoms with Crippen LogP contribution in [-0.4, -0.2) is 0 Å². The van der Waals surface area contributed by atoms with Gasteiger partial charge in [-0.15, -0.1) is 0 Å². The lowest BCUT2D eigenvalue weighted by molar-refractivity contribution is 1.62. The van der Waals surface area contributed by atoms with Crippen molar-refractivity contribution in [1.29, 1.82) is 0 Å². The van der Waals surface area contributed by atoms with Gasteiger partial charge >= 0.3 is 0 Å². The highest BCUT2D eigenvalue weighted by Gasteiger charge is 2.17. The third-order valence-corrected chi connectivity index (χ3v) is 12.6. The second-order valence-corrected chi connectivity index (χ2v) is 16.0. The Bertz CT molecular complexity index is 3570. The van der Waals surface area contributed by atoms with Crippen LogP contribution in [0, 0.1) is 0 Å². The molecule has 0 aliphatic rings. The molecule has 0 nitrogen and oxygen atoms in total. The van der Waals surface area contributed by atoms with E-state index >= 15 is 0 Å². The van der Waals surface area contributed by atoms with Crippen molar-refractivity contribution in [2.75, 3.05) is 0 Å². The van der Waals surface area contributed by atoms with Crippen LogP contribution in [0.5, 0.6) is 0 Å². The van der Waals surface area contributed by atoms with Crippen LogP contribution in [-0.2, 0) is 0 Å². The minimum Gasteiger partial charge on any atom is -0.0616 e. The summed E-state index contributed by atoms with van der Waals surface area (Å²) in [6.45, 7) is 0. The molecule has 0 heterocycles. The molecule has 0 unspecified atom stereocenters. The number of benzene rings is 12. The van der Waals surface area contributed by atoms with E-state index in [1.807, 2.05) is 0 Å². The van der Waals surface area contributed by atoms with Gasteiger partial charge in [0.15, 0.2) is 0 Å². The molecule has 278 valence electrons. The van der Waals surface area contributed by atoms with E-state index < -0.39 is 0 Å². The molecule has 0 amide bonds. The first kappa shape index (κ1) is 34.3. The summed E-state index contributed by atoms with van der Waals surface area (Å²) in [7, 11) is 0. The molecule has 12 rings (SSSR count). The van der Waals surface area contributed by atoms with Gasteiger partial charge in [0, 0.05) is 0 Å². The number of hydrogen-bond donors (Lipinski definition) is 0. The molecule has 0 saturated carbocycles. The van der Waals surface area contributed by atoms with Gasteiger partial charge < -0.3 is 0 Å². The van der Waals surface area contributed by atoms with Crippen molar-refractivity contribution < 1.29 is 0 Å². The Morgan fingerprint density at radius 3 is 1.27 bits per heavy atom. The third kappa shape index (κ3) is 5.61. The van der Waals surface area contributed by atoms with Crippen LogP contribution >= 0.6 is 0 Å². The number of rotatable bonds is 5. The summed E-state index contributed by atoms with van der Waals surface area (Å²) in [6, 6.07) is 85.1. The average Bonchev–Trinajstić information content (AvgIpc) is 3.32. The Kier molecular flexibility index (Phi) is 7.96. The molecule has 0 aliphatic carbocycles. The second-order valence-electron chi connectivity index (χ2n) is 16.0. The summed E-state index contributed by atoms with van der Waals surface area (Å²) in [6.07, 6.45) is 0. The first-order valence-electron chi connectivity index (χ1n) is 20.8. The molecule has 0 aromatic heterocycles. The monoisotopic (exact) mass is 758 g/mol. The summed E-state index contributed by atoms with van der Waals surface area (Å²) < 4.78 is 0. The molecule has 0 fully saturated rings. The zero-order valence-corrected chi connectivity index (χ0v) is 32.9.